The number of aromatic amines is 1. The van der Waals surface area contributed by atoms with Gasteiger partial charge in [-0.05, 0) is 12.1 Å². The van der Waals surface area contributed by atoms with E-state index in [1.54, 1.807) is 6.20 Å². The lowest BCUT2D eigenvalue weighted by molar-refractivity contribution is 0.266. The SMILES string of the molecule is N[C@@H](CO)c1nccc2[nH]ccc12. The summed E-state index contributed by atoms with van der Waals surface area (Å²) in [6.07, 6.45) is 3.52. The Morgan fingerprint density at radius 1 is 1.54 bits per heavy atom. The van der Waals surface area contributed by atoms with Crippen LogP contribution < -0.4 is 5.73 Å². The van der Waals surface area contributed by atoms with Gasteiger partial charge in [0.15, 0.2) is 0 Å². The van der Waals surface area contributed by atoms with Crippen LogP contribution in [0.25, 0.3) is 10.9 Å². The molecule has 0 aromatic carbocycles. The van der Waals surface area contributed by atoms with Crippen LogP contribution in [0.15, 0.2) is 24.5 Å². The lowest BCUT2D eigenvalue weighted by atomic mass is 10.1. The smallest absolute Gasteiger partial charge is 0.0711 e. The Balaban J connectivity index is 2.60. The largest absolute Gasteiger partial charge is 0.394 e. The summed E-state index contributed by atoms with van der Waals surface area (Å²) < 4.78 is 0. The number of nitrogens with two attached hydrogens (primary N) is 1. The first-order valence-electron chi connectivity index (χ1n) is 4.11. The number of hydrogen-bond acceptors (Lipinski definition) is 3. The molecule has 0 unspecified atom stereocenters. The van der Waals surface area contributed by atoms with Crippen molar-refractivity contribution in [3.05, 3.63) is 30.2 Å². The van der Waals surface area contributed by atoms with E-state index >= 15 is 0 Å². The van der Waals surface area contributed by atoms with Gasteiger partial charge >= 0.3 is 0 Å². The van der Waals surface area contributed by atoms with E-state index in [1.807, 2.05) is 18.3 Å². The van der Waals surface area contributed by atoms with E-state index in [4.69, 9.17) is 10.8 Å². The third-order valence-corrected chi connectivity index (χ3v) is 2.06. The van der Waals surface area contributed by atoms with E-state index in [2.05, 4.69) is 9.97 Å². The zero-order chi connectivity index (χ0) is 9.26. The number of nitrogens with one attached hydrogen (secondary N) is 1. The average molecular weight is 177 g/mol. The highest BCUT2D eigenvalue weighted by atomic mass is 16.3. The van der Waals surface area contributed by atoms with E-state index in [-0.39, 0.29) is 6.61 Å². The summed E-state index contributed by atoms with van der Waals surface area (Å²) in [5, 5.41) is 9.89. The molecule has 0 saturated carbocycles. The predicted molar refractivity (Wildman–Crippen MR) is 50.1 cm³/mol. The van der Waals surface area contributed by atoms with Gasteiger partial charge in [-0.2, -0.15) is 0 Å². The van der Waals surface area contributed by atoms with Crippen LogP contribution >= 0.6 is 0 Å². The Morgan fingerprint density at radius 3 is 3.15 bits per heavy atom. The van der Waals surface area contributed by atoms with E-state index in [9.17, 15) is 0 Å². The molecule has 0 aliphatic rings. The highest BCUT2D eigenvalue weighted by Gasteiger charge is 2.09. The minimum Gasteiger partial charge on any atom is -0.394 e. The summed E-state index contributed by atoms with van der Waals surface area (Å²) in [6, 6.07) is 3.38. The van der Waals surface area contributed by atoms with Crippen molar-refractivity contribution in [3.8, 4) is 0 Å². The number of H-pyrrole nitrogens is 1. The Morgan fingerprint density at radius 2 is 2.38 bits per heavy atom. The summed E-state index contributed by atoms with van der Waals surface area (Å²) in [7, 11) is 0. The fourth-order valence-electron chi connectivity index (χ4n) is 1.39. The molecule has 0 aliphatic heterocycles. The lowest BCUT2D eigenvalue weighted by Gasteiger charge is -2.07. The molecule has 0 spiro atoms. The maximum absolute atomic E-state index is 8.91. The minimum atomic E-state index is -0.403. The van der Waals surface area contributed by atoms with Gasteiger partial charge in [0, 0.05) is 23.3 Å². The minimum absolute atomic E-state index is 0.0860. The van der Waals surface area contributed by atoms with E-state index < -0.39 is 6.04 Å². The summed E-state index contributed by atoms with van der Waals surface area (Å²) in [5.41, 5.74) is 7.42. The number of aliphatic hydroxyl groups is 1. The second-order valence-electron chi connectivity index (χ2n) is 2.92. The number of fused-ring (bicyclic) bond motifs is 1. The third kappa shape index (κ3) is 1.30. The molecule has 0 bridgehead atoms. The highest BCUT2D eigenvalue weighted by molar-refractivity contribution is 5.81. The number of aliphatic hydroxyl groups excluding tert-OH is 1. The van der Waals surface area contributed by atoms with Crippen molar-refractivity contribution in [1.82, 2.24) is 9.97 Å². The van der Waals surface area contributed by atoms with Gasteiger partial charge in [-0.25, -0.2) is 0 Å². The molecule has 1 atom stereocenters. The topological polar surface area (TPSA) is 74.9 Å². The maximum atomic E-state index is 8.91. The van der Waals surface area contributed by atoms with Crippen molar-refractivity contribution in [2.75, 3.05) is 6.61 Å². The van der Waals surface area contributed by atoms with Crippen LogP contribution in [0.3, 0.4) is 0 Å². The average Bonchev–Trinajstić information content (AvgIpc) is 2.63. The molecule has 0 saturated heterocycles. The molecule has 2 heterocycles. The fourth-order valence-corrected chi connectivity index (χ4v) is 1.39. The van der Waals surface area contributed by atoms with Crippen molar-refractivity contribution in [2.24, 2.45) is 5.73 Å². The molecule has 4 nitrogen and oxygen atoms in total. The van der Waals surface area contributed by atoms with Crippen LogP contribution in [-0.4, -0.2) is 21.7 Å². The van der Waals surface area contributed by atoms with Crippen LogP contribution in [-0.2, 0) is 0 Å². The number of nitrogens with zero attached hydrogens (tertiary/aromatic N) is 1. The van der Waals surface area contributed by atoms with Crippen LogP contribution in [0.5, 0.6) is 0 Å². The van der Waals surface area contributed by atoms with Gasteiger partial charge in [-0.1, -0.05) is 0 Å². The van der Waals surface area contributed by atoms with Gasteiger partial charge in [0.25, 0.3) is 0 Å². The van der Waals surface area contributed by atoms with Crippen molar-refractivity contribution < 1.29 is 5.11 Å². The summed E-state index contributed by atoms with van der Waals surface area (Å²) in [6.45, 7) is -0.0860. The standard InChI is InChI=1S/C9H11N3O/c10-7(5-13)9-6-1-3-11-8(6)2-4-12-9/h1-4,7,11,13H,5,10H2/t7-/m0/s1. The first-order valence-corrected chi connectivity index (χ1v) is 4.11. The quantitative estimate of drug-likeness (QED) is 0.627. The molecular formula is C9H11N3O. The molecule has 13 heavy (non-hydrogen) atoms. The van der Waals surface area contributed by atoms with Crippen LogP contribution in [0.2, 0.25) is 0 Å². The molecule has 0 aliphatic carbocycles. The van der Waals surface area contributed by atoms with Crippen molar-refractivity contribution in [1.29, 1.82) is 0 Å². The second kappa shape index (κ2) is 3.16. The number of rotatable bonds is 2. The summed E-state index contributed by atoms with van der Waals surface area (Å²) in [4.78, 5) is 7.21. The normalized spacial score (nSPS) is 13.4. The molecule has 4 heteroatoms. The lowest BCUT2D eigenvalue weighted by Crippen LogP contribution is -2.16. The number of pyridine rings is 1. The van der Waals surface area contributed by atoms with Crippen LogP contribution in [0.4, 0.5) is 0 Å². The van der Waals surface area contributed by atoms with Gasteiger partial charge in [0.2, 0.25) is 0 Å². The van der Waals surface area contributed by atoms with Gasteiger partial charge in [0.1, 0.15) is 0 Å². The molecule has 0 radical (unpaired) electrons. The first-order chi connectivity index (χ1) is 6.33. The molecule has 0 fully saturated rings. The Bertz CT molecular complexity index is 410. The van der Waals surface area contributed by atoms with Crippen molar-refractivity contribution >= 4 is 10.9 Å². The zero-order valence-corrected chi connectivity index (χ0v) is 7.07. The maximum Gasteiger partial charge on any atom is 0.0711 e. The Hall–Kier alpha value is -1.39. The van der Waals surface area contributed by atoms with E-state index in [0.717, 1.165) is 16.6 Å². The highest BCUT2D eigenvalue weighted by Crippen LogP contribution is 2.19. The summed E-state index contributed by atoms with van der Waals surface area (Å²) >= 11 is 0. The first kappa shape index (κ1) is 8.22. The van der Waals surface area contributed by atoms with Crippen LogP contribution in [0, 0.1) is 0 Å². The van der Waals surface area contributed by atoms with Crippen molar-refractivity contribution in [3.63, 3.8) is 0 Å². The summed E-state index contributed by atoms with van der Waals surface area (Å²) in [5.74, 6) is 0. The van der Waals surface area contributed by atoms with Crippen molar-refractivity contribution in [2.45, 2.75) is 6.04 Å². The van der Waals surface area contributed by atoms with Crippen LogP contribution in [0.1, 0.15) is 11.7 Å². The molecular weight excluding hydrogens is 166 g/mol. The number of aromatic nitrogens is 2. The Kier molecular flexibility index (Phi) is 2.00. The fraction of sp³-hybridized carbons (Fsp3) is 0.222. The van der Waals surface area contributed by atoms with Gasteiger partial charge in [-0.15, -0.1) is 0 Å². The Labute approximate surface area is 75.4 Å². The van der Waals surface area contributed by atoms with Gasteiger partial charge in [0.05, 0.1) is 18.3 Å². The predicted octanol–water partition coefficient (Wildman–Crippen LogP) is 0.555. The molecule has 68 valence electrons. The molecule has 4 N–H and O–H groups in total. The third-order valence-electron chi connectivity index (χ3n) is 2.06. The monoisotopic (exact) mass is 177 g/mol. The van der Waals surface area contributed by atoms with Gasteiger partial charge < -0.3 is 15.8 Å². The number of hydrogen-bond donors (Lipinski definition) is 3. The van der Waals surface area contributed by atoms with E-state index in [0.29, 0.717) is 0 Å². The zero-order valence-electron chi connectivity index (χ0n) is 7.07. The molecule has 2 aromatic heterocycles. The van der Waals surface area contributed by atoms with E-state index in [1.165, 1.54) is 0 Å². The van der Waals surface area contributed by atoms with Gasteiger partial charge in [-0.3, -0.25) is 4.98 Å². The second-order valence-corrected chi connectivity index (χ2v) is 2.92. The molecule has 2 rings (SSSR count). The molecule has 2 aromatic rings. The molecule has 0 amide bonds.